The molecule has 2 fully saturated rings. The van der Waals surface area contributed by atoms with Crippen LogP contribution in [0.25, 0.3) is 32.7 Å². The molecule has 1 unspecified atom stereocenters. The third-order valence-corrected chi connectivity index (χ3v) is 16.0. The van der Waals surface area contributed by atoms with Gasteiger partial charge in [0.05, 0.1) is 88.2 Å². The van der Waals surface area contributed by atoms with Gasteiger partial charge in [-0.1, -0.05) is 77.9 Å². The number of aliphatic hydroxyl groups excluding tert-OH is 1. The first-order valence-corrected chi connectivity index (χ1v) is 27.2. The molecule has 0 radical (unpaired) electrons. The summed E-state index contributed by atoms with van der Waals surface area (Å²) in [6.45, 7) is 7.89. The molecule has 6 aromatic carbocycles. The first-order chi connectivity index (χ1) is 38.0. The van der Waals surface area contributed by atoms with Gasteiger partial charge in [0, 0.05) is 84.7 Å². The fourth-order valence-electron chi connectivity index (χ4n) is 8.82. The predicted molar refractivity (Wildman–Crippen MR) is 309 cm³/mol. The van der Waals surface area contributed by atoms with Gasteiger partial charge in [0.25, 0.3) is 0 Å². The minimum absolute atomic E-state index is 0.0792. The van der Waals surface area contributed by atoms with E-state index in [1.54, 1.807) is 45.9 Å². The van der Waals surface area contributed by atoms with Crippen LogP contribution in [0.3, 0.4) is 0 Å². The van der Waals surface area contributed by atoms with Crippen molar-refractivity contribution in [2.75, 3.05) is 17.2 Å². The van der Waals surface area contributed by atoms with E-state index in [4.69, 9.17) is 75.2 Å². The lowest BCUT2D eigenvalue weighted by molar-refractivity contribution is -0.193. The smallest absolute Gasteiger partial charge is 0.250 e. The monoisotopic (exact) mass is 1380 g/mol. The number of hydrogen-bond donors (Lipinski definition) is 7. The summed E-state index contributed by atoms with van der Waals surface area (Å²) in [5.41, 5.74) is 18.3. The number of H-pyrrole nitrogens is 3. The summed E-state index contributed by atoms with van der Waals surface area (Å²) < 4.78 is 133. The van der Waals surface area contributed by atoms with E-state index >= 15 is 0 Å². The van der Waals surface area contributed by atoms with Crippen molar-refractivity contribution < 1.29 is 53.8 Å². The van der Waals surface area contributed by atoms with Gasteiger partial charge in [0.1, 0.15) is 17.5 Å². The quantitative estimate of drug-likeness (QED) is 0.0390. The molecule has 11 nitrogen and oxygen atoms in total. The number of alkyl halides is 4. The van der Waals surface area contributed by atoms with Crippen LogP contribution in [-0.4, -0.2) is 53.3 Å². The van der Waals surface area contributed by atoms with Crippen LogP contribution in [0.15, 0.2) is 82.1 Å². The molecule has 1 atom stereocenters. The van der Waals surface area contributed by atoms with Gasteiger partial charge in [-0.3, -0.25) is 20.1 Å². The number of aromatic amines is 3. The average molecular weight is 1380 g/mol. The Balaban J connectivity index is 0.000000163. The Morgan fingerprint density at radius 2 is 1.01 bits per heavy atom. The topological polar surface area (TPSA) is 201 Å². The van der Waals surface area contributed by atoms with Crippen LogP contribution in [0.2, 0.25) is 25.1 Å². The van der Waals surface area contributed by atoms with Gasteiger partial charge < -0.3 is 22.3 Å². The SMILES string of the molecule is CC1(C(=O)c2cc(Cl)c(F)c3cn[nH]c23)CC(F)(F)C1.CC1(C(O)c2cc(Cl)c(F)c3cn[nH]c23)CC(F)(F)C1.Cc1c(N)c(Br)cc(Cl)c1F.Cc1c(N)ccc(Cl)c1F.Cc1c(N)cccc1F.Fc1c(Cl)cc(Br)c2[nH]ncc12. The Morgan fingerprint density at radius 3 is 1.52 bits per heavy atom. The molecule has 0 aliphatic heterocycles. The van der Waals surface area contributed by atoms with Crippen LogP contribution in [-0.2, 0) is 0 Å². The molecular weight excluding hydrogens is 1330 g/mol. The van der Waals surface area contributed by atoms with E-state index < -0.39 is 89.3 Å². The standard InChI is InChI=1S/C13H12ClF3N2O.C13H10ClF3N2O.C7H3BrClFN2.C7H6BrClFN.C7H7ClFN.C7H8FN/c2*1-12(4-13(16,17)5-12)11(20)6-2-8(14)9(15)7-3-18-19-10(6)7;8-4-1-5(9)6(10)3-2-11-12-7(3)4;1-3-6(10)5(9)2-4(8)7(3)11;1-4-6(10)3-2-5(8)7(4)9;1-5-6(8)3-2-4-7(5)9/h2-3,11,20H,4-5H2,1H3,(H,18,19);2-3H,4-5H2,1H3,(H,18,19);1-2H,(H,11,12);2H,11H2,1H3;2-3H,10H2,1H3;2-4H,9H2,1H3. The van der Waals surface area contributed by atoms with E-state index in [1.165, 1.54) is 61.9 Å². The molecule has 2 aliphatic rings. The number of carbonyl (C=O) groups is 1. The van der Waals surface area contributed by atoms with Crippen molar-refractivity contribution in [2.24, 2.45) is 10.8 Å². The number of halogens is 17. The highest BCUT2D eigenvalue weighted by Crippen LogP contribution is 2.59. The van der Waals surface area contributed by atoms with E-state index in [0.717, 1.165) is 0 Å². The van der Waals surface area contributed by atoms with Crippen molar-refractivity contribution in [1.29, 1.82) is 0 Å². The van der Waals surface area contributed by atoms with E-state index in [2.05, 4.69) is 62.5 Å². The van der Waals surface area contributed by atoms with E-state index in [9.17, 15) is 53.8 Å². The highest BCUT2D eigenvalue weighted by atomic mass is 79.9. The second-order valence-corrected chi connectivity index (χ2v) is 23.4. The zero-order chi connectivity index (χ0) is 61.3. The second-order valence-electron chi connectivity index (χ2n) is 19.7. The number of Topliss-reactive ketones (excluding diaryl/α,β-unsaturated/α-hetero) is 1. The molecule has 2 saturated carbocycles. The Kier molecular flexibility index (Phi) is 20.6. The number of fused-ring (bicyclic) bond motifs is 3. The van der Waals surface area contributed by atoms with Crippen molar-refractivity contribution in [3.05, 3.63) is 170 Å². The molecule has 28 heteroatoms. The molecule has 0 saturated heterocycles. The van der Waals surface area contributed by atoms with Crippen LogP contribution in [0.4, 0.5) is 61.0 Å². The van der Waals surface area contributed by atoms with Gasteiger partial charge in [-0.15, -0.1) is 0 Å². The predicted octanol–water partition coefficient (Wildman–Crippen LogP) is 18.1. The number of anilines is 3. The maximum absolute atomic E-state index is 13.8. The second kappa shape index (κ2) is 25.8. The minimum Gasteiger partial charge on any atom is -0.398 e. The maximum Gasteiger partial charge on any atom is 0.250 e. The van der Waals surface area contributed by atoms with Crippen molar-refractivity contribution in [2.45, 2.75) is 78.3 Å². The zero-order valence-corrected chi connectivity index (χ0v) is 50.1. The number of benzene rings is 6. The van der Waals surface area contributed by atoms with Crippen molar-refractivity contribution in [1.82, 2.24) is 30.6 Å². The highest BCUT2D eigenvalue weighted by Gasteiger charge is 2.58. The molecule has 11 rings (SSSR count). The van der Waals surface area contributed by atoms with Crippen molar-refractivity contribution in [3.8, 4) is 0 Å². The normalized spacial score (nSPS) is 15.4. The lowest BCUT2D eigenvalue weighted by Gasteiger charge is -2.47. The summed E-state index contributed by atoms with van der Waals surface area (Å²) in [4.78, 5) is 12.4. The molecule has 0 spiro atoms. The lowest BCUT2D eigenvalue weighted by Crippen LogP contribution is -2.49. The van der Waals surface area contributed by atoms with Gasteiger partial charge in [0.15, 0.2) is 23.2 Å². The summed E-state index contributed by atoms with van der Waals surface area (Å²) in [6, 6.07) is 13.1. The van der Waals surface area contributed by atoms with Gasteiger partial charge in [-0.05, 0) is 101 Å². The number of nitrogens with one attached hydrogen (secondary N) is 3. The van der Waals surface area contributed by atoms with E-state index in [0.29, 0.717) is 59.2 Å². The third-order valence-electron chi connectivity index (χ3n) is 13.4. The number of nitrogens with two attached hydrogens (primary N) is 3. The number of rotatable bonds is 4. The summed E-state index contributed by atoms with van der Waals surface area (Å²) >= 11 is 34.5. The fraction of sp³-hybridized carbons (Fsp3) is 0.259. The van der Waals surface area contributed by atoms with Crippen LogP contribution in [0, 0.1) is 66.5 Å². The third kappa shape index (κ3) is 14.3. The van der Waals surface area contributed by atoms with Crippen LogP contribution < -0.4 is 17.2 Å². The summed E-state index contributed by atoms with van der Waals surface area (Å²) in [7, 11) is 0. The van der Waals surface area contributed by atoms with Gasteiger partial charge >= 0.3 is 0 Å². The Hall–Kier alpha value is -5.53. The van der Waals surface area contributed by atoms with E-state index in [1.807, 2.05) is 0 Å². The van der Waals surface area contributed by atoms with Gasteiger partial charge in [-0.25, -0.2) is 43.9 Å². The first-order valence-electron chi connectivity index (χ1n) is 23.7. The Labute approximate surface area is 502 Å². The summed E-state index contributed by atoms with van der Waals surface area (Å²) in [5, 5.41) is 29.8. The molecule has 438 valence electrons. The van der Waals surface area contributed by atoms with Crippen LogP contribution >= 0.6 is 89.9 Å². The van der Waals surface area contributed by atoms with Gasteiger partial charge in [0.2, 0.25) is 11.8 Å². The van der Waals surface area contributed by atoms with Crippen LogP contribution in [0.5, 0.6) is 0 Å². The average Bonchev–Trinajstić information content (AvgIpc) is 3.38. The molecule has 10 N–H and O–H groups in total. The number of ketones is 1. The molecule has 3 heterocycles. The Bertz CT molecular complexity index is 3780. The van der Waals surface area contributed by atoms with Crippen molar-refractivity contribution >= 4 is 145 Å². The number of aromatic nitrogens is 6. The number of hydrogen-bond acceptors (Lipinski definition) is 8. The summed E-state index contributed by atoms with van der Waals surface area (Å²) in [6.07, 6.45) is 0.865. The molecule has 0 bridgehead atoms. The minimum atomic E-state index is -2.82. The summed E-state index contributed by atoms with van der Waals surface area (Å²) in [5.74, 6) is -8.94. The van der Waals surface area contributed by atoms with Crippen molar-refractivity contribution in [3.63, 3.8) is 0 Å². The molecule has 9 aromatic rings. The fourth-order valence-corrected chi connectivity index (χ4v) is 11.2. The molecule has 2 aliphatic carbocycles. The first kappa shape index (κ1) is 65.6. The highest BCUT2D eigenvalue weighted by molar-refractivity contribution is 9.11. The number of aliphatic hydroxyl groups is 1. The van der Waals surface area contributed by atoms with Crippen LogP contribution in [0.1, 0.15) is 78.2 Å². The van der Waals surface area contributed by atoms with Gasteiger partial charge in [-0.2, -0.15) is 15.3 Å². The van der Waals surface area contributed by atoms with E-state index in [-0.39, 0.29) is 58.3 Å². The zero-order valence-electron chi connectivity index (χ0n) is 43.2. The molecular formula is C54H46Br2Cl5F10N9O2. The number of nitrogen functional groups attached to an aromatic ring is 3. The molecule has 0 amide bonds. The number of nitrogens with zero attached hydrogens (tertiary/aromatic N) is 3. The Morgan fingerprint density at radius 1 is 0.573 bits per heavy atom. The number of carbonyl (C=O) groups excluding carboxylic acids is 1. The maximum atomic E-state index is 13.8. The lowest BCUT2D eigenvalue weighted by atomic mass is 9.62. The molecule has 3 aromatic heterocycles. The largest absolute Gasteiger partial charge is 0.398 e. The molecule has 82 heavy (non-hydrogen) atoms.